The molecular weight excluding hydrogens is 376 g/mol. The van der Waals surface area contributed by atoms with Gasteiger partial charge in [-0.15, -0.1) is 0 Å². The minimum absolute atomic E-state index is 0.0455. The fourth-order valence-electron chi connectivity index (χ4n) is 2.35. The second-order valence-corrected chi connectivity index (χ2v) is 6.54. The number of alkyl halides is 3. The molecule has 0 bridgehead atoms. The molecule has 0 fully saturated rings. The highest BCUT2D eigenvalue weighted by atomic mass is 35.5. The smallest absolute Gasteiger partial charge is 0.429 e. The van der Waals surface area contributed by atoms with E-state index in [1.54, 1.807) is 12.1 Å². The van der Waals surface area contributed by atoms with E-state index in [1.165, 1.54) is 18.2 Å². The molecule has 1 aliphatic heterocycles. The van der Waals surface area contributed by atoms with Gasteiger partial charge in [0, 0.05) is 11.6 Å². The van der Waals surface area contributed by atoms with Crippen LogP contribution in [-0.2, 0) is 0 Å². The monoisotopic (exact) mass is 388 g/mol. The second kappa shape index (κ2) is 6.46. The van der Waals surface area contributed by atoms with E-state index in [-0.39, 0.29) is 16.5 Å². The van der Waals surface area contributed by atoms with Crippen molar-refractivity contribution in [2.24, 2.45) is 0 Å². The standard InChI is InChI=1S/C18H13Cl2F3O2/c1-9-5-12(19)15(6-10(9)2)24-16-8-14-11(7-13(16)20)3-4-17(25-14)18(21,22)23/h3-8,17H,1-2H3/t17-/m1/s1. The van der Waals surface area contributed by atoms with E-state index >= 15 is 0 Å². The number of aryl methyl sites for hydroxylation is 2. The number of benzene rings is 2. The maximum atomic E-state index is 12.8. The van der Waals surface area contributed by atoms with Crippen molar-refractivity contribution in [1.82, 2.24) is 0 Å². The van der Waals surface area contributed by atoms with E-state index in [1.807, 2.05) is 13.8 Å². The van der Waals surface area contributed by atoms with Crippen LogP contribution in [0.5, 0.6) is 17.2 Å². The molecule has 0 saturated carbocycles. The highest BCUT2D eigenvalue weighted by Crippen LogP contribution is 2.41. The van der Waals surface area contributed by atoms with Gasteiger partial charge >= 0.3 is 6.18 Å². The highest BCUT2D eigenvalue weighted by molar-refractivity contribution is 6.33. The number of hydrogen-bond donors (Lipinski definition) is 0. The molecule has 0 amide bonds. The van der Waals surface area contributed by atoms with E-state index in [0.29, 0.717) is 16.3 Å². The topological polar surface area (TPSA) is 18.5 Å². The van der Waals surface area contributed by atoms with Gasteiger partial charge in [-0.25, -0.2) is 0 Å². The van der Waals surface area contributed by atoms with E-state index in [2.05, 4.69) is 0 Å². The molecule has 7 heteroatoms. The van der Waals surface area contributed by atoms with Gasteiger partial charge in [-0.2, -0.15) is 13.2 Å². The van der Waals surface area contributed by atoms with Crippen molar-refractivity contribution in [3.63, 3.8) is 0 Å². The third-order valence-electron chi connectivity index (χ3n) is 3.86. The molecule has 0 unspecified atom stereocenters. The Bertz CT molecular complexity index is 860. The van der Waals surface area contributed by atoms with Crippen LogP contribution in [0.25, 0.3) is 6.08 Å². The fourth-order valence-corrected chi connectivity index (χ4v) is 2.82. The van der Waals surface area contributed by atoms with Crippen LogP contribution >= 0.6 is 23.2 Å². The molecule has 2 aromatic carbocycles. The molecule has 0 aliphatic carbocycles. The van der Waals surface area contributed by atoms with Crippen molar-refractivity contribution < 1.29 is 22.6 Å². The van der Waals surface area contributed by atoms with Crippen LogP contribution in [0.4, 0.5) is 13.2 Å². The quantitative estimate of drug-likeness (QED) is 0.566. The summed E-state index contributed by atoms with van der Waals surface area (Å²) in [6.45, 7) is 3.81. The summed E-state index contributed by atoms with van der Waals surface area (Å²) in [4.78, 5) is 0. The van der Waals surface area contributed by atoms with Crippen molar-refractivity contribution in [2.45, 2.75) is 26.1 Å². The third kappa shape index (κ3) is 3.72. The average molecular weight is 389 g/mol. The van der Waals surface area contributed by atoms with E-state index in [9.17, 15) is 13.2 Å². The summed E-state index contributed by atoms with van der Waals surface area (Å²) in [5.74, 6) is 0.580. The zero-order chi connectivity index (χ0) is 18.4. The molecule has 2 nitrogen and oxygen atoms in total. The maximum Gasteiger partial charge on any atom is 0.429 e. The lowest BCUT2D eigenvalue weighted by Gasteiger charge is -2.24. The first-order valence-electron chi connectivity index (χ1n) is 7.35. The Kier molecular flexibility index (Phi) is 4.64. The Morgan fingerprint density at radius 2 is 1.56 bits per heavy atom. The van der Waals surface area contributed by atoms with Crippen LogP contribution in [0.1, 0.15) is 16.7 Å². The normalized spacial score (nSPS) is 16.4. The molecule has 0 saturated heterocycles. The summed E-state index contributed by atoms with van der Waals surface area (Å²) < 4.78 is 49.3. The van der Waals surface area contributed by atoms with Crippen molar-refractivity contribution in [1.29, 1.82) is 0 Å². The SMILES string of the molecule is Cc1cc(Cl)c(Oc2cc3c(cc2Cl)C=C[C@H](C(F)(F)F)O3)cc1C. The van der Waals surface area contributed by atoms with Gasteiger partial charge in [0.1, 0.15) is 17.2 Å². The fraction of sp³-hybridized carbons (Fsp3) is 0.222. The summed E-state index contributed by atoms with van der Waals surface area (Å²) in [6, 6.07) is 6.32. The predicted molar refractivity (Wildman–Crippen MR) is 92.0 cm³/mol. The Balaban J connectivity index is 1.95. The number of halogens is 5. The van der Waals surface area contributed by atoms with Crippen LogP contribution in [0.3, 0.4) is 0 Å². The predicted octanol–water partition coefficient (Wildman–Crippen LogP) is 6.74. The van der Waals surface area contributed by atoms with Crippen molar-refractivity contribution in [3.8, 4) is 17.2 Å². The maximum absolute atomic E-state index is 12.8. The minimum Gasteiger partial charge on any atom is -0.476 e. The lowest BCUT2D eigenvalue weighted by Crippen LogP contribution is -2.33. The molecule has 3 rings (SSSR count). The molecule has 2 aromatic rings. The summed E-state index contributed by atoms with van der Waals surface area (Å²) in [6.07, 6.45) is -4.22. The summed E-state index contributed by atoms with van der Waals surface area (Å²) in [5, 5.41) is 0.623. The minimum atomic E-state index is -4.49. The van der Waals surface area contributed by atoms with Crippen LogP contribution in [0, 0.1) is 13.8 Å². The van der Waals surface area contributed by atoms with Gasteiger partial charge in [0.05, 0.1) is 10.0 Å². The molecule has 0 aromatic heterocycles. The number of fused-ring (bicyclic) bond motifs is 1. The van der Waals surface area contributed by atoms with Gasteiger partial charge in [-0.3, -0.25) is 0 Å². The van der Waals surface area contributed by atoms with Gasteiger partial charge in [0.25, 0.3) is 0 Å². The van der Waals surface area contributed by atoms with Crippen molar-refractivity contribution in [3.05, 3.63) is 57.1 Å². The second-order valence-electron chi connectivity index (χ2n) is 5.73. The molecule has 132 valence electrons. The van der Waals surface area contributed by atoms with Gasteiger partial charge in [-0.1, -0.05) is 29.3 Å². The molecule has 25 heavy (non-hydrogen) atoms. The summed E-state index contributed by atoms with van der Waals surface area (Å²) in [5.41, 5.74) is 2.41. The van der Waals surface area contributed by atoms with Gasteiger partial charge in [-0.05, 0) is 49.2 Å². The molecule has 1 atom stereocenters. The van der Waals surface area contributed by atoms with Gasteiger partial charge in [0.15, 0.2) is 0 Å². The summed E-state index contributed by atoms with van der Waals surface area (Å²) >= 11 is 12.4. The largest absolute Gasteiger partial charge is 0.476 e. The highest BCUT2D eigenvalue weighted by Gasteiger charge is 2.41. The van der Waals surface area contributed by atoms with Crippen LogP contribution < -0.4 is 9.47 Å². The molecule has 0 radical (unpaired) electrons. The van der Waals surface area contributed by atoms with Crippen LogP contribution in [0.2, 0.25) is 10.0 Å². The van der Waals surface area contributed by atoms with Gasteiger partial charge in [0.2, 0.25) is 6.10 Å². The van der Waals surface area contributed by atoms with Crippen LogP contribution in [0.15, 0.2) is 30.3 Å². The number of rotatable bonds is 2. The zero-order valence-electron chi connectivity index (χ0n) is 13.2. The molecule has 1 aliphatic rings. The first-order valence-corrected chi connectivity index (χ1v) is 8.10. The Morgan fingerprint density at radius 3 is 2.24 bits per heavy atom. The molecule has 0 spiro atoms. The molecule has 1 heterocycles. The Hall–Kier alpha value is -1.85. The Morgan fingerprint density at radius 1 is 0.960 bits per heavy atom. The van der Waals surface area contributed by atoms with Crippen molar-refractivity contribution in [2.75, 3.05) is 0 Å². The van der Waals surface area contributed by atoms with E-state index in [4.69, 9.17) is 32.7 Å². The zero-order valence-corrected chi connectivity index (χ0v) is 14.8. The number of hydrogen-bond acceptors (Lipinski definition) is 2. The molecular formula is C18H13Cl2F3O2. The van der Waals surface area contributed by atoms with Gasteiger partial charge < -0.3 is 9.47 Å². The lowest BCUT2D eigenvalue weighted by molar-refractivity contribution is -0.180. The third-order valence-corrected chi connectivity index (χ3v) is 4.45. The van der Waals surface area contributed by atoms with Crippen LogP contribution in [-0.4, -0.2) is 12.3 Å². The van der Waals surface area contributed by atoms with E-state index < -0.39 is 12.3 Å². The first-order chi connectivity index (χ1) is 11.6. The molecule has 0 N–H and O–H groups in total. The number of ether oxygens (including phenoxy) is 2. The average Bonchev–Trinajstić information content (AvgIpc) is 2.51. The first kappa shape index (κ1) is 18.0. The Labute approximate surface area is 152 Å². The lowest BCUT2D eigenvalue weighted by atomic mass is 10.1. The van der Waals surface area contributed by atoms with Crippen molar-refractivity contribution >= 4 is 29.3 Å². The van der Waals surface area contributed by atoms with E-state index in [0.717, 1.165) is 17.2 Å². The summed E-state index contributed by atoms with van der Waals surface area (Å²) in [7, 11) is 0.